The summed E-state index contributed by atoms with van der Waals surface area (Å²) < 4.78 is 0. The molecule has 1 N–H and O–H groups in total. The molecule has 0 saturated carbocycles. The van der Waals surface area contributed by atoms with Crippen molar-refractivity contribution < 1.29 is 0 Å². The molecule has 1 fully saturated rings. The van der Waals surface area contributed by atoms with E-state index in [1.807, 2.05) is 0 Å². The lowest BCUT2D eigenvalue weighted by Gasteiger charge is -2.42. The van der Waals surface area contributed by atoms with Gasteiger partial charge in [0.05, 0.1) is 5.39 Å². The fourth-order valence-electron chi connectivity index (χ4n) is 2.63. The first-order chi connectivity index (χ1) is 8.70. The molecule has 3 heterocycles. The summed E-state index contributed by atoms with van der Waals surface area (Å²) in [4.78, 5) is 14.4. The van der Waals surface area contributed by atoms with Gasteiger partial charge in [-0.15, -0.1) is 0 Å². The minimum absolute atomic E-state index is 0.760. The average molecular weight is 244 g/mol. The van der Waals surface area contributed by atoms with Crippen molar-refractivity contribution in [3.8, 4) is 0 Å². The second-order valence-corrected chi connectivity index (χ2v) is 5.50. The molecule has 0 radical (unpaired) electrons. The second kappa shape index (κ2) is 4.26. The van der Waals surface area contributed by atoms with Crippen LogP contribution in [0, 0.1) is 11.8 Å². The molecule has 0 bridgehead atoms. The normalized spacial score (nSPS) is 16.6. The lowest BCUT2D eigenvalue weighted by molar-refractivity contribution is 0.308. The Morgan fingerprint density at radius 1 is 1.39 bits per heavy atom. The predicted molar refractivity (Wildman–Crippen MR) is 73.8 cm³/mol. The van der Waals surface area contributed by atoms with Gasteiger partial charge in [0.1, 0.15) is 17.8 Å². The number of hydrogen-bond donors (Lipinski definition) is 1. The minimum atomic E-state index is 0.760. The molecule has 0 spiro atoms. The number of aryl methyl sites for hydroxylation is 1. The van der Waals surface area contributed by atoms with E-state index in [1.165, 1.54) is 10.9 Å². The third-order valence-corrected chi connectivity index (χ3v) is 4.06. The van der Waals surface area contributed by atoms with Crippen LogP contribution in [0.25, 0.3) is 11.0 Å². The van der Waals surface area contributed by atoms with Crippen molar-refractivity contribution in [3.63, 3.8) is 0 Å². The third kappa shape index (κ3) is 1.67. The van der Waals surface area contributed by atoms with Crippen LogP contribution in [0.2, 0.25) is 0 Å². The van der Waals surface area contributed by atoms with E-state index in [0.29, 0.717) is 0 Å². The van der Waals surface area contributed by atoms with Crippen LogP contribution in [0.5, 0.6) is 0 Å². The first-order valence-corrected chi connectivity index (χ1v) is 6.76. The topological polar surface area (TPSA) is 44.8 Å². The summed E-state index contributed by atoms with van der Waals surface area (Å²) in [5, 5.41) is 1.21. The van der Waals surface area contributed by atoms with Gasteiger partial charge in [-0.1, -0.05) is 20.8 Å². The zero-order chi connectivity index (χ0) is 12.7. The fourth-order valence-corrected chi connectivity index (χ4v) is 2.63. The van der Waals surface area contributed by atoms with E-state index < -0.39 is 0 Å². The van der Waals surface area contributed by atoms with Gasteiger partial charge >= 0.3 is 0 Å². The van der Waals surface area contributed by atoms with E-state index in [4.69, 9.17) is 0 Å². The number of rotatable bonds is 3. The van der Waals surface area contributed by atoms with Crippen molar-refractivity contribution >= 4 is 16.9 Å². The van der Waals surface area contributed by atoms with Crippen LogP contribution in [0.3, 0.4) is 0 Å². The quantitative estimate of drug-likeness (QED) is 0.902. The summed E-state index contributed by atoms with van der Waals surface area (Å²) in [7, 11) is 0. The Labute approximate surface area is 107 Å². The first kappa shape index (κ1) is 11.5. The van der Waals surface area contributed by atoms with Crippen LogP contribution < -0.4 is 4.90 Å². The molecule has 4 nitrogen and oxygen atoms in total. The lowest BCUT2D eigenvalue weighted by Crippen LogP contribution is -2.49. The molecular formula is C14H20N4. The first-order valence-electron chi connectivity index (χ1n) is 6.76. The van der Waals surface area contributed by atoms with Gasteiger partial charge in [0.15, 0.2) is 0 Å². The number of hydrogen-bond acceptors (Lipinski definition) is 3. The maximum Gasteiger partial charge on any atom is 0.143 e. The van der Waals surface area contributed by atoms with Gasteiger partial charge in [0.25, 0.3) is 0 Å². The van der Waals surface area contributed by atoms with Gasteiger partial charge in [-0.05, 0) is 23.8 Å². The standard InChI is InChI=1S/C14H20N4/c1-4-10-5-15-13-12(10)14(17-8-16-13)18-6-11(7-18)9(2)3/h5,8-9,11H,4,6-7H2,1-3H3,(H,15,16,17). The zero-order valence-corrected chi connectivity index (χ0v) is 11.3. The van der Waals surface area contributed by atoms with E-state index in [1.54, 1.807) is 6.33 Å². The van der Waals surface area contributed by atoms with Gasteiger partial charge in [0.2, 0.25) is 0 Å². The van der Waals surface area contributed by atoms with Crippen molar-refractivity contribution in [1.82, 2.24) is 15.0 Å². The molecule has 2 aromatic rings. The monoisotopic (exact) mass is 244 g/mol. The van der Waals surface area contributed by atoms with E-state index in [9.17, 15) is 0 Å². The zero-order valence-electron chi connectivity index (χ0n) is 11.3. The number of anilines is 1. The molecule has 0 atom stereocenters. The summed E-state index contributed by atoms with van der Waals surface area (Å²) in [6.45, 7) is 9.01. The molecule has 3 rings (SSSR count). The van der Waals surface area contributed by atoms with Gasteiger partial charge in [-0.25, -0.2) is 9.97 Å². The average Bonchev–Trinajstić information content (AvgIpc) is 2.70. The van der Waals surface area contributed by atoms with Gasteiger partial charge in [-0.2, -0.15) is 0 Å². The Balaban J connectivity index is 1.95. The molecule has 4 heteroatoms. The molecule has 0 aliphatic carbocycles. The molecule has 0 amide bonds. The highest BCUT2D eigenvalue weighted by Crippen LogP contribution is 2.33. The van der Waals surface area contributed by atoms with E-state index in [2.05, 4.69) is 46.8 Å². The fraction of sp³-hybridized carbons (Fsp3) is 0.571. The van der Waals surface area contributed by atoms with E-state index >= 15 is 0 Å². The minimum Gasteiger partial charge on any atom is -0.355 e. The lowest BCUT2D eigenvalue weighted by atomic mass is 9.88. The number of nitrogens with one attached hydrogen (secondary N) is 1. The third-order valence-electron chi connectivity index (χ3n) is 4.06. The van der Waals surface area contributed by atoms with Crippen molar-refractivity contribution in [2.75, 3.05) is 18.0 Å². The Hall–Kier alpha value is -1.58. The van der Waals surface area contributed by atoms with Gasteiger partial charge in [0, 0.05) is 19.3 Å². The van der Waals surface area contributed by atoms with Crippen molar-refractivity contribution in [3.05, 3.63) is 18.1 Å². The molecule has 1 aliphatic rings. The molecule has 96 valence electrons. The van der Waals surface area contributed by atoms with Crippen molar-refractivity contribution in [2.45, 2.75) is 27.2 Å². The van der Waals surface area contributed by atoms with Crippen LogP contribution in [0.1, 0.15) is 26.3 Å². The van der Waals surface area contributed by atoms with Crippen LogP contribution in [-0.4, -0.2) is 28.0 Å². The van der Waals surface area contributed by atoms with E-state index in [0.717, 1.165) is 42.8 Å². The molecule has 1 saturated heterocycles. The highest BCUT2D eigenvalue weighted by Gasteiger charge is 2.31. The van der Waals surface area contributed by atoms with Gasteiger partial charge < -0.3 is 9.88 Å². The highest BCUT2D eigenvalue weighted by atomic mass is 15.2. The Bertz CT molecular complexity index is 552. The number of aromatic nitrogens is 3. The summed E-state index contributed by atoms with van der Waals surface area (Å²) in [5.41, 5.74) is 2.28. The number of aromatic amines is 1. The summed E-state index contributed by atoms with van der Waals surface area (Å²) in [6, 6.07) is 0. The number of fused-ring (bicyclic) bond motifs is 1. The molecule has 18 heavy (non-hydrogen) atoms. The SMILES string of the molecule is CCc1c[nH]c2ncnc(N3CC(C(C)C)C3)c12. The predicted octanol–water partition coefficient (Wildman–Crippen LogP) is 2.61. The summed E-state index contributed by atoms with van der Waals surface area (Å²) in [6.07, 6.45) is 4.74. The second-order valence-electron chi connectivity index (χ2n) is 5.50. The van der Waals surface area contributed by atoms with Crippen molar-refractivity contribution in [1.29, 1.82) is 0 Å². The van der Waals surface area contributed by atoms with Crippen LogP contribution >= 0.6 is 0 Å². The van der Waals surface area contributed by atoms with Crippen LogP contribution in [0.15, 0.2) is 12.5 Å². The maximum absolute atomic E-state index is 4.50. The molecular weight excluding hydrogens is 224 g/mol. The number of H-pyrrole nitrogens is 1. The molecule has 0 aromatic carbocycles. The molecule has 0 unspecified atom stereocenters. The molecule has 2 aromatic heterocycles. The van der Waals surface area contributed by atoms with E-state index in [-0.39, 0.29) is 0 Å². The van der Waals surface area contributed by atoms with Crippen molar-refractivity contribution in [2.24, 2.45) is 11.8 Å². The summed E-state index contributed by atoms with van der Waals surface area (Å²) >= 11 is 0. The largest absolute Gasteiger partial charge is 0.355 e. The highest BCUT2D eigenvalue weighted by molar-refractivity contribution is 5.91. The van der Waals surface area contributed by atoms with Crippen LogP contribution in [-0.2, 0) is 6.42 Å². The van der Waals surface area contributed by atoms with Crippen LogP contribution in [0.4, 0.5) is 5.82 Å². The maximum atomic E-state index is 4.50. The Morgan fingerprint density at radius 3 is 2.83 bits per heavy atom. The smallest absolute Gasteiger partial charge is 0.143 e. The Kier molecular flexibility index (Phi) is 2.73. The molecule has 1 aliphatic heterocycles. The Morgan fingerprint density at radius 2 is 2.17 bits per heavy atom. The van der Waals surface area contributed by atoms with Gasteiger partial charge in [-0.3, -0.25) is 0 Å². The summed E-state index contributed by atoms with van der Waals surface area (Å²) in [5.74, 6) is 2.67. The number of nitrogens with zero attached hydrogens (tertiary/aromatic N) is 3.